The van der Waals surface area contributed by atoms with E-state index in [2.05, 4.69) is 4.74 Å². The summed E-state index contributed by atoms with van der Waals surface area (Å²) in [7, 11) is 0. The second-order valence-corrected chi connectivity index (χ2v) is 3.69. The van der Waals surface area contributed by atoms with Gasteiger partial charge in [-0.2, -0.15) is 0 Å². The van der Waals surface area contributed by atoms with E-state index in [0.29, 0.717) is 12.2 Å². The van der Waals surface area contributed by atoms with Crippen LogP contribution < -0.4 is 4.74 Å². The van der Waals surface area contributed by atoms with Gasteiger partial charge in [-0.25, -0.2) is 9.18 Å². The fraction of sp³-hybridized carbons (Fsp3) is 0.385. The number of hydrogen-bond donors (Lipinski definition) is 0. The first kappa shape index (κ1) is 14.2. The second-order valence-electron chi connectivity index (χ2n) is 3.69. The molecular formula is C13H15FO4. The molecule has 98 valence electrons. The molecule has 1 rings (SSSR count). The molecule has 1 aromatic rings. The lowest BCUT2D eigenvalue weighted by atomic mass is 10.2. The summed E-state index contributed by atoms with van der Waals surface area (Å²) in [6, 6.07) is 5.21. The van der Waals surface area contributed by atoms with Crippen molar-refractivity contribution in [3.05, 3.63) is 30.1 Å². The van der Waals surface area contributed by atoms with Crippen LogP contribution in [-0.2, 0) is 14.3 Å². The van der Waals surface area contributed by atoms with Gasteiger partial charge in [-0.05, 0) is 30.7 Å². The zero-order valence-electron chi connectivity index (χ0n) is 10.1. The second kappa shape index (κ2) is 7.42. The summed E-state index contributed by atoms with van der Waals surface area (Å²) in [6.45, 7) is 1.57. The molecule has 18 heavy (non-hydrogen) atoms. The monoisotopic (exact) mass is 254 g/mol. The molecule has 0 spiro atoms. The Bertz CT molecular complexity index is 400. The molecule has 0 bridgehead atoms. The van der Waals surface area contributed by atoms with Crippen molar-refractivity contribution in [3.8, 4) is 5.75 Å². The van der Waals surface area contributed by atoms with Gasteiger partial charge in [-0.1, -0.05) is 13.3 Å². The van der Waals surface area contributed by atoms with Crippen molar-refractivity contribution in [3.63, 3.8) is 0 Å². The molecule has 0 amide bonds. The van der Waals surface area contributed by atoms with Crippen LogP contribution in [0.4, 0.5) is 4.39 Å². The summed E-state index contributed by atoms with van der Waals surface area (Å²) in [4.78, 5) is 22.3. The first-order valence-corrected chi connectivity index (χ1v) is 5.73. The van der Waals surface area contributed by atoms with Crippen molar-refractivity contribution in [2.75, 3.05) is 6.61 Å². The average molecular weight is 254 g/mol. The van der Waals surface area contributed by atoms with Gasteiger partial charge >= 0.3 is 11.9 Å². The van der Waals surface area contributed by atoms with Gasteiger partial charge < -0.3 is 9.47 Å². The van der Waals surface area contributed by atoms with E-state index in [-0.39, 0.29) is 18.8 Å². The van der Waals surface area contributed by atoms with Gasteiger partial charge in [0.15, 0.2) is 6.61 Å². The molecule has 0 unspecified atom stereocenters. The molecular weight excluding hydrogens is 239 g/mol. The van der Waals surface area contributed by atoms with E-state index >= 15 is 0 Å². The summed E-state index contributed by atoms with van der Waals surface area (Å²) in [5, 5.41) is 0. The molecule has 5 heteroatoms. The van der Waals surface area contributed by atoms with Crippen LogP contribution in [0.25, 0.3) is 0 Å². The van der Waals surface area contributed by atoms with Crippen molar-refractivity contribution in [1.82, 2.24) is 0 Å². The predicted molar refractivity (Wildman–Crippen MR) is 62.5 cm³/mol. The smallest absolute Gasteiger partial charge is 0.351 e. The fourth-order valence-electron chi connectivity index (χ4n) is 1.20. The van der Waals surface area contributed by atoms with Gasteiger partial charge in [0.2, 0.25) is 0 Å². The Hall–Kier alpha value is -1.91. The summed E-state index contributed by atoms with van der Waals surface area (Å²) in [5.74, 6) is -1.35. The molecule has 0 aromatic heterocycles. The van der Waals surface area contributed by atoms with Crippen molar-refractivity contribution in [1.29, 1.82) is 0 Å². The van der Waals surface area contributed by atoms with Crippen molar-refractivity contribution >= 4 is 11.9 Å². The van der Waals surface area contributed by atoms with Gasteiger partial charge in [0.1, 0.15) is 11.6 Å². The predicted octanol–water partition coefficient (Wildman–Crippen LogP) is 2.46. The molecule has 0 N–H and O–H groups in total. The zero-order chi connectivity index (χ0) is 13.4. The van der Waals surface area contributed by atoms with Crippen LogP contribution in [0, 0.1) is 5.82 Å². The maximum absolute atomic E-state index is 12.6. The minimum absolute atomic E-state index is 0.221. The maximum atomic E-state index is 12.6. The van der Waals surface area contributed by atoms with Crippen molar-refractivity contribution < 1.29 is 23.5 Å². The van der Waals surface area contributed by atoms with Gasteiger partial charge in [0.25, 0.3) is 0 Å². The summed E-state index contributed by atoms with van der Waals surface area (Å²) in [6.07, 6.45) is 1.76. The highest BCUT2D eigenvalue weighted by Crippen LogP contribution is 2.10. The van der Waals surface area contributed by atoms with Crippen LogP contribution in [0.1, 0.15) is 26.2 Å². The standard InChI is InChI=1S/C13H15FO4/c1-2-3-4-12(15)18-13(16)9-17-11-7-5-10(14)6-8-11/h5-8H,2-4,9H2,1H3. The first-order chi connectivity index (χ1) is 8.61. The molecule has 0 saturated heterocycles. The van der Waals surface area contributed by atoms with Crippen LogP contribution in [0.2, 0.25) is 0 Å². The molecule has 0 aliphatic heterocycles. The van der Waals surface area contributed by atoms with Gasteiger partial charge in [-0.15, -0.1) is 0 Å². The van der Waals surface area contributed by atoms with E-state index in [1.54, 1.807) is 0 Å². The fourth-order valence-corrected chi connectivity index (χ4v) is 1.20. The van der Waals surface area contributed by atoms with Crippen LogP contribution in [0.3, 0.4) is 0 Å². The number of ether oxygens (including phenoxy) is 2. The van der Waals surface area contributed by atoms with E-state index in [1.165, 1.54) is 24.3 Å². The largest absolute Gasteiger partial charge is 0.482 e. The third-order valence-corrected chi connectivity index (χ3v) is 2.13. The molecule has 0 radical (unpaired) electrons. The van der Waals surface area contributed by atoms with Gasteiger partial charge in [0.05, 0.1) is 0 Å². The van der Waals surface area contributed by atoms with Crippen LogP contribution in [0.15, 0.2) is 24.3 Å². The molecule has 4 nitrogen and oxygen atoms in total. The number of hydrogen-bond acceptors (Lipinski definition) is 4. The minimum Gasteiger partial charge on any atom is -0.482 e. The maximum Gasteiger partial charge on any atom is 0.351 e. The van der Waals surface area contributed by atoms with Crippen molar-refractivity contribution in [2.45, 2.75) is 26.2 Å². The van der Waals surface area contributed by atoms with Gasteiger partial charge in [-0.3, -0.25) is 4.79 Å². The number of unbranched alkanes of at least 4 members (excludes halogenated alkanes) is 1. The third-order valence-electron chi connectivity index (χ3n) is 2.13. The highest BCUT2D eigenvalue weighted by atomic mass is 19.1. The number of carbonyl (C=O) groups is 2. The Morgan fingerprint density at radius 1 is 1.17 bits per heavy atom. The topological polar surface area (TPSA) is 52.6 Å². The van der Waals surface area contributed by atoms with Crippen LogP contribution in [-0.4, -0.2) is 18.5 Å². The van der Waals surface area contributed by atoms with E-state index in [0.717, 1.165) is 6.42 Å². The average Bonchev–Trinajstić information content (AvgIpc) is 2.35. The SMILES string of the molecule is CCCCC(=O)OC(=O)COc1ccc(F)cc1. The molecule has 0 aliphatic carbocycles. The molecule has 0 atom stereocenters. The molecule has 1 aromatic carbocycles. The Morgan fingerprint density at radius 2 is 1.83 bits per heavy atom. The van der Waals surface area contributed by atoms with Crippen molar-refractivity contribution in [2.24, 2.45) is 0 Å². The Morgan fingerprint density at radius 3 is 2.44 bits per heavy atom. The number of esters is 2. The minimum atomic E-state index is -0.750. The third kappa shape index (κ3) is 5.43. The summed E-state index contributed by atoms with van der Waals surface area (Å²) >= 11 is 0. The van der Waals surface area contributed by atoms with Crippen LogP contribution >= 0.6 is 0 Å². The van der Waals surface area contributed by atoms with E-state index in [9.17, 15) is 14.0 Å². The number of halogens is 1. The molecule has 0 heterocycles. The lowest BCUT2D eigenvalue weighted by molar-refractivity contribution is -0.161. The number of benzene rings is 1. The number of rotatable bonds is 6. The summed E-state index contributed by atoms with van der Waals surface area (Å²) < 4.78 is 22.1. The summed E-state index contributed by atoms with van der Waals surface area (Å²) in [5.41, 5.74) is 0. The Kier molecular flexibility index (Phi) is 5.84. The van der Waals surface area contributed by atoms with Gasteiger partial charge in [0, 0.05) is 6.42 Å². The molecule has 0 fully saturated rings. The normalized spacial score (nSPS) is 9.89. The van der Waals surface area contributed by atoms with Crippen LogP contribution in [0.5, 0.6) is 5.75 Å². The lowest BCUT2D eigenvalue weighted by Gasteiger charge is -2.05. The van der Waals surface area contributed by atoms with E-state index in [4.69, 9.17) is 4.74 Å². The molecule has 0 aliphatic rings. The lowest BCUT2D eigenvalue weighted by Crippen LogP contribution is -2.19. The quantitative estimate of drug-likeness (QED) is 0.578. The Labute approximate surface area is 105 Å². The number of carbonyl (C=O) groups excluding carboxylic acids is 2. The Balaban J connectivity index is 2.28. The van der Waals surface area contributed by atoms with E-state index in [1.807, 2.05) is 6.92 Å². The highest BCUT2D eigenvalue weighted by Gasteiger charge is 2.10. The zero-order valence-corrected chi connectivity index (χ0v) is 10.1. The van der Waals surface area contributed by atoms with E-state index < -0.39 is 11.9 Å². The molecule has 0 saturated carbocycles. The highest BCUT2D eigenvalue weighted by molar-refractivity contribution is 5.86. The first-order valence-electron chi connectivity index (χ1n) is 5.73.